The van der Waals surface area contributed by atoms with Crippen LogP contribution in [0.5, 0.6) is 0 Å². The van der Waals surface area contributed by atoms with Crippen LogP contribution in [-0.2, 0) is 4.79 Å². The average Bonchev–Trinajstić information content (AvgIpc) is 3.12. The Morgan fingerprint density at radius 3 is 2.60 bits per heavy atom. The molecule has 3 rings (SSSR count). The van der Waals surface area contributed by atoms with Crippen LogP contribution in [0.3, 0.4) is 0 Å². The van der Waals surface area contributed by atoms with Crippen LogP contribution in [0.1, 0.15) is 12.0 Å². The molecular formula is C21H21FN4O3S. The second-order valence-electron chi connectivity index (χ2n) is 6.94. The molecule has 0 radical (unpaired) electrons. The summed E-state index contributed by atoms with van der Waals surface area (Å²) in [6.45, 7) is 1.26. The quantitative estimate of drug-likeness (QED) is 0.303. The monoisotopic (exact) mass is 428 g/mol. The first kappa shape index (κ1) is 21.5. The SMILES string of the molecule is CN(C)CCCN(C(=O)C=Cc1ccc([N+](=O)[O-])cc1)c1nc2ccc(F)cc2s1. The van der Waals surface area contributed by atoms with Crippen LogP contribution in [0, 0.1) is 15.9 Å². The smallest absolute Gasteiger partial charge is 0.269 e. The first-order chi connectivity index (χ1) is 14.3. The van der Waals surface area contributed by atoms with E-state index in [9.17, 15) is 19.3 Å². The number of nitro benzene ring substituents is 1. The van der Waals surface area contributed by atoms with Gasteiger partial charge in [0, 0.05) is 24.8 Å². The van der Waals surface area contributed by atoms with Crippen LogP contribution in [0.2, 0.25) is 0 Å². The Bertz CT molecular complexity index is 1080. The molecule has 2 aromatic carbocycles. The van der Waals surface area contributed by atoms with Crippen molar-refractivity contribution in [1.29, 1.82) is 0 Å². The lowest BCUT2D eigenvalue weighted by Crippen LogP contribution is -2.32. The van der Waals surface area contributed by atoms with E-state index in [0.717, 1.165) is 13.0 Å². The van der Waals surface area contributed by atoms with E-state index in [2.05, 4.69) is 4.98 Å². The minimum atomic E-state index is -0.471. The van der Waals surface area contributed by atoms with E-state index in [0.29, 0.717) is 27.5 Å². The number of rotatable bonds is 8. The molecule has 9 heteroatoms. The number of hydrogen-bond acceptors (Lipinski definition) is 6. The number of amides is 1. The number of fused-ring (bicyclic) bond motifs is 1. The van der Waals surface area contributed by atoms with Gasteiger partial charge in [0.05, 0.1) is 15.1 Å². The van der Waals surface area contributed by atoms with Crippen molar-refractivity contribution in [2.75, 3.05) is 32.1 Å². The average molecular weight is 428 g/mol. The highest BCUT2D eigenvalue weighted by Crippen LogP contribution is 2.30. The summed E-state index contributed by atoms with van der Waals surface area (Å²) in [6.07, 6.45) is 3.77. The predicted octanol–water partition coefficient (Wildman–Crippen LogP) is 4.34. The van der Waals surface area contributed by atoms with Crippen LogP contribution in [0.15, 0.2) is 48.5 Å². The van der Waals surface area contributed by atoms with E-state index >= 15 is 0 Å². The Hall–Kier alpha value is -3.17. The third-order valence-corrected chi connectivity index (χ3v) is 5.39. The molecule has 1 aromatic heterocycles. The molecule has 0 saturated carbocycles. The van der Waals surface area contributed by atoms with Gasteiger partial charge in [0.25, 0.3) is 11.6 Å². The minimum absolute atomic E-state index is 0.00880. The van der Waals surface area contributed by atoms with E-state index < -0.39 is 4.92 Å². The number of hydrogen-bond donors (Lipinski definition) is 0. The van der Waals surface area contributed by atoms with Crippen molar-refractivity contribution in [2.45, 2.75) is 6.42 Å². The lowest BCUT2D eigenvalue weighted by Gasteiger charge is -2.19. The van der Waals surface area contributed by atoms with Gasteiger partial charge in [-0.3, -0.25) is 19.8 Å². The lowest BCUT2D eigenvalue weighted by molar-refractivity contribution is -0.384. The topological polar surface area (TPSA) is 79.6 Å². The van der Waals surface area contributed by atoms with Gasteiger partial charge in [-0.25, -0.2) is 9.37 Å². The highest BCUT2D eigenvalue weighted by atomic mass is 32.1. The molecule has 0 aliphatic heterocycles. The summed E-state index contributed by atoms with van der Waals surface area (Å²) in [4.78, 5) is 31.3. The molecule has 0 aliphatic carbocycles. The van der Waals surface area contributed by atoms with E-state index in [1.54, 1.807) is 29.2 Å². The van der Waals surface area contributed by atoms with Crippen molar-refractivity contribution >= 4 is 44.4 Å². The zero-order valence-electron chi connectivity index (χ0n) is 16.6. The maximum Gasteiger partial charge on any atom is 0.269 e. The fraction of sp³-hybridized carbons (Fsp3) is 0.238. The summed E-state index contributed by atoms with van der Waals surface area (Å²) in [5.74, 6) is -0.604. The summed E-state index contributed by atoms with van der Waals surface area (Å²) in [5, 5.41) is 11.3. The van der Waals surface area contributed by atoms with Crippen molar-refractivity contribution in [3.05, 3.63) is 70.0 Å². The number of benzene rings is 2. The lowest BCUT2D eigenvalue weighted by atomic mass is 10.2. The van der Waals surface area contributed by atoms with E-state index in [1.165, 1.54) is 41.7 Å². The minimum Gasteiger partial charge on any atom is -0.309 e. The number of nitrogens with zero attached hydrogens (tertiary/aromatic N) is 4. The highest BCUT2D eigenvalue weighted by Gasteiger charge is 2.18. The zero-order valence-corrected chi connectivity index (χ0v) is 17.4. The van der Waals surface area contributed by atoms with Crippen molar-refractivity contribution in [3.63, 3.8) is 0 Å². The molecule has 7 nitrogen and oxygen atoms in total. The number of anilines is 1. The molecule has 0 unspecified atom stereocenters. The largest absolute Gasteiger partial charge is 0.309 e. The molecular weight excluding hydrogens is 407 g/mol. The van der Waals surface area contributed by atoms with Crippen LogP contribution < -0.4 is 4.90 Å². The molecule has 0 fully saturated rings. The summed E-state index contributed by atoms with van der Waals surface area (Å²) in [6, 6.07) is 10.3. The number of carbonyl (C=O) groups is 1. The second-order valence-corrected chi connectivity index (χ2v) is 7.95. The number of carbonyl (C=O) groups excluding carboxylic acids is 1. The Morgan fingerprint density at radius 1 is 1.20 bits per heavy atom. The van der Waals surface area contributed by atoms with E-state index in [-0.39, 0.29) is 17.4 Å². The number of halogens is 1. The number of aromatic nitrogens is 1. The molecule has 0 N–H and O–H groups in total. The Morgan fingerprint density at radius 2 is 1.93 bits per heavy atom. The number of thiazole rings is 1. The molecule has 30 heavy (non-hydrogen) atoms. The standard InChI is InChI=1S/C21H21FN4O3S/c1-24(2)12-3-13-25(21-23-18-10-7-16(22)14-19(18)30-21)20(27)11-6-15-4-8-17(9-5-15)26(28)29/h4-11,14H,3,12-13H2,1-2H3. The van der Waals surface area contributed by atoms with Crippen LogP contribution >= 0.6 is 11.3 Å². The van der Waals surface area contributed by atoms with Gasteiger partial charge < -0.3 is 4.90 Å². The van der Waals surface area contributed by atoms with Gasteiger partial charge in [-0.15, -0.1) is 0 Å². The molecule has 0 spiro atoms. The Balaban J connectivity index is 1.82. The molecule has 156 valence electrons. The molecule has 1 heterocycles. The third kappa shape index (κ3) is 5.46. The van der Waals surface area contributed by atoms with Crippen molar-refractivity contribution < 1.29 is 14.1 Å². The number of nitro groups is 1. The van der Waals surface area contributed by atoms with Crippen LogP contribution in [-0.4, -0.2) is 47.9 Å². The first-order valence-electron chi connectivity index (χ1n) is 9.28. The van der Waals surface area contributed by atoms with Crippen molar-refractivity contribution in [3.8, 4) is 0 Å². The van der Waals surface area contributed by atoms with Gasteiger partial charge in [0.1, 0.15) is 5.82 Å². The van der Waals surface area contributed by atoms with Crippen LogP contribution in [0.25, 0.3) is 16.3 Å². The summed E-state index contributed by atoms with van der Waals surface area (Å²) in [5.41, 5.74) is 1.31. The van der Waals surface area contributed by atoms with Gasteiger partial charge in [-0.2, -0.15) is 0 Å². The molecule has 3 aromatic rings. The van der Waals surface area contributed by atoms with Crippen LogP contribution in [0.4, 0.5) is 15.2 Å². The highest BCUT2D eigenvalue weighted by molar-refractivity contribution is 7.22. The maximum atomic E-state index is 13.5. The molecule has 1 amide bonds. The molecule has 0 aliphatic rings. The van der Waals surface area contributed by atoms with Gasteiger partial charge >= 0.3 is 0 Å². The molecule has 0 bridgehead atoms. The summed E-state index contributed by atoms with van der Waals surface area (Å²) < 4.78 is 14.2. The fourth-order valence-corrected chi connectivity index (χ4v) is 3.83. The van der Waals surface area contributed by atoms with Gasteiger partial charge in [0.2, 0.25) is 0 Å². The molecule has 0 saturated heterocycles. The summed E-state index contributed by atoms with van der Waals surface area (Å²) in [7, 11) is 3.92. The normalized spacial score (nSPS) is 11.5. The van der Waals surface area contributed by atoms with Gasteiger partial charge in [-0.05, 0) is 69.0 Å². The Labute approximate surface area is 177 Å². The number of non-ortho nitro benzene ring substituents is 1. The predicted molar refractivity (Wildman–Crippen MR) is 117 cm³/mol. The van der Waals surface area contributed by atoms with E-state index in [4.69, 9.17) is 0 Å². The Kier molecular flexibility index (Phi) is 6.86. The first-order valence-corrected chi connectivity index (χ1v) is 10.1. The summed E-state index contributed by atoms with van der Waals surface area (Å²) >= 11 is 1.27. The molecule has 0 atom stereocenters. The van der Waals surface area contributed by atoms with Crippen molar-refractivity contribution in [1.82, 2.24) is 9.88 Å². The fourth-order valence-electron chi connectivity index (χ4n) is 2.81. The third-order valence-electron chi connectivity index (χ3n) is 4.35. The second kappa shape index (κ2) is 9.55. The maximum absolute atomic E-state index is 13.5. The van der Waals surface area contributed by atoms with Crippen molar-refractivity contribution in [2.24, 2.45) is 0 Å². The van der Waals surface area contributed by atoms with Gasteiger partial charge in [-0.1, -0.05) is 11.3 Å². The van der Waals surface area contributed by atoms with Gasteiger partial charge in [0.15, 0.2) is 5.13 Å². The zero-order chi connectivity index (χ0) is 21.7. The van der Waals surface area contributed by atoms with E-state index in [1.807, 2.05) is 19.0 Å².